The van der Waals surface area contributed by atoms with Crippen LogP contribution in [-0.4, -0.2) is 16.2 Å². The molecule has 0 aromatic carbocycles. The molecule has 0 aliphatic rings. The summed E-state index contributed by atoms with van der Waals surface area (Å²) in [7, 11) is 0. The van der Waals surface area contributed by atoms with Crippen LogP contribution in [0.2, 0.25) is 0 Å². The van der Waals surface area contributed by atoms with Crippen LogP contribution in [0.5, 0.6) is 0 Å². The lowest BCUT2D eigenvalue weighted by Gasteiger charge is -1.90. The Kier molecular flexibility index (Phi) is 2.64. The van der Waals surface area contributed by atoms with Gasteiger partial charge in [0.2, 0.25) is 0 Å². The number of rotatable bonds is 2. The van der Waals surface area contributed by atoms with Crippen LogP contribution >= 0.6 is 27.3 Å². The monoisotopic (exact) mass is 236 g/mol. The van der Waals surface area contributed by atoms with E-state index in [0.29, 0.717) is 5.56 Å². The molecule has 0 radical (unpaired) electrons. The van der Waals surface area contributed by atoms with Crippen LogP contribution in [0.1, 0.15) is 15.2 Å². The molecule has 1 aromatic heterocycles. The summed E-state index contributed by atoms with van der Waals surface area (Å²) in [4.78, 5) is 10.7. The van der Waals surface area contributed by atoms with Gasteiger partial charge in [-0.3, -0.25) is 0 Å². The van der Waals surface area contributed by atoms with Crippen LogP contribution in [0.25, 0.3) is 0 Å². The average Bonchev–Trinajstić information content (AvgIpc) is 2.30. The van der Waals surface area contributed by atoms with Gasteiger partial charge in [-0.1, -0.05) is 0 Å². The standard InChI is InChI=1S/C6H5BrO3S/c7-4-1-3(2-8)5(11-4)6(9)10/h1,8H,2H2,(H,9,10). The Labute approximate surface area is 75.4 Å². The third-order valence-corrected chi connectivity index (χ3v) is 2.81. The molecular weight excluding hydrogens is 232 g/mol. The number of aliphatic hydroxyl groups excluding tert-OH is 1. The van der Waals surface area contributed by atoms with Crippen LogP contribution in [0.3, 0.4) is 0 Å². The normalized spacial score (nSPS) is 10.0. The quantitative estimate of drug-likeness (QED) is 0.822. The predicted octanol–water partition coefficient (Wildman–Crippen LogP) is 1.70. The van der Waals surface area contributed by atoms with Crippen molar-refractivity contribution in [3.8, 4) is 0 Å². The van der Waals surface area contributed by atoms with Gasteiger partial charge in [-0.25, -0.2) is 4.79 Å². The number of carbonyl (C=O) groups is 1. The summed E-state index contributed by atoms with van der Waals surface area (Å²) in [6, 6.07) is 1.61. The molecule has 0 atom stereocenters. The predicted molar refractivity (Wildman–Crippen MR) is 44.9 cm³/mol. The minimum Gasteiger partial charge on any atom is -0.477 e. The first-order valence-electron chi connectivity index (χ1n) is 2.77. The fourth-order valence-corrected chi connectivity index (χ4v) is 2.19. The average molecular weight is 237 g/mol. The summed E-state index contributed by atoms with van der Waals surface area (Å²) in [6.07, 6.45) is 0. The van der Waals surface area contributed by atoms with Crippen molar-refractivity contribution in [1.29, 1.82) is 0 Å². The maximum atomic E-state index is 10.5. The second-order valence-corrected chi connectivity index (χ2v) is 4.30. The molecule has 0 aliphatic carbocycles. The fraction of sp³-hybridized carbons (Fsp3) is 0.167. The van der Waals surface area contributed by atoms with Crippen LogP contribution in [0.15, 0.2) is 9.85 Å². The summed E-state index contributed by atoms with van der Waals surface area (Å²) in [5.74, 6) is -0.996. The molecule has 3 nitrogen and oxygen atoms in total. The van der Waals surface area contributed by atoms with Gasteiger partial charge in [0.15, 0.2) is 0 Å². The lowest BCUT2D eigenvalue weighted by atomic mass is 10.3. The van der Waals surface area contributed by atoms with Crippen LogP contribution in [0.4, 0.5) is 0 Å². The molecule has 0 amide bonds. The second-order valence-electron chi connectivity index (χ2n) is 1.87. The van der Waals surface area contributed by atoms with Crippen LogP contribution in [-0.2, 0) is 6.61 Å². The number of halogens is 1. The SMILES string of the molecule is O=C(O)c1sc(Br)cc1CO. The van der Waals surface area contributed by atoms with Crippen molar-refractivity contribution in [3.63, 3.8) is 0 Å². The van der Waals surface area contributed by atoms with E-state index in [0.717, 1.165) is 15.1 Å². The van der Waals surface area contributed by atoms with E-state index in [2.05, 4.69) is 15.9 Å². The van der Waals surface area contributed by atoms with Gasteiger partial charge in [0.25, 0.3) is 0 Å². The maximum absolute atomic E-state index is 10.5. The van der Waals surface area contributed by atoms with Crippen molar-refractivity contribution in [2.45, 2.75) is 6.61 Å². The molecule has 1 rings (SSSR count). The molecule has 0 saturated heterocycles. The van der Waals surface area contributed by atoms with E-state index in [1.165, 1.54) is 0 Å². The highest BCUT2D eigenvalue weighted by Crippen LogP contribution is 2.26. The molecule has 0 saturated carbocycles. The van der Waals surface area contributed by atoms with Crippen LogP contribution < -0.4 is 0 Å². The summed E-state index contributed by atoms with van der Waals surface area (Å²) in [6.45, 7) is -0.232. The Morgan fingerprint density at radius 3 is 2.73 bits per heavy atom. The van der Waals surface area contributed by atoms with E-state index in [9.17, 15) is 4.79 Å². The second kappa shape index (κ2) is 3.34. The van der Waals surface area contributed by atoms with Gasteiger partial charge < -0.3 is 10.2 Å². The first-order valence-corrected chi connectivity index (χ1v) is 4.38. The van der Waals surface area contributed by atoms with E-state index in [4.69, 9.17) is 10.2 Å². The molecule has 5 heteroatoms. The third kappa shape index (κ3) is 1.79. The molecule has 0 bridgehead atoms. The maximum Gasteiger partial charge on any atom is 0.346 e. The molecule has 0 aliphatic heterocycles. The number of aliphatic hydroxyl groups is 1. The minimum atomic E-state index is -0.996. The zero-order valence-corrected chi connectivity index (χ0v) is 7.78. The molecular formula is C6H5BrO3S. The van der Waals surface area contributed by atoms with E-state index in [-0.39, 0.29) is 11.5 Å². The van der Waals surface area contributed by atoms with Crippen molar-refractivity contribution in [2.24, 2.45) is 0 Å². The molecule has 0 spiro atoms. The zero-order chi connectivity index (χ0) is 8.43. The van der Waals surface area contributed by atoms with Gasteiger partial charge in [0.1, 0.15) is 4.88 Å². The van der Waals surface area contributed by atoms with Crippen molar-refractivity contribution in [2.75, 3.05) is 0 Å². The first kappa shape index (κ1) is 8.70. The summed E-state index contributed by atoms with van der Waals surface area (Å²) in [5.41, 5.74) is 0.453. The number of aromatic carboxylic acids is 1. The molecule has 1 heterocycles. The topological polar surface area (TPSA) is 57.5 Å². The molecule has 1 aromatic rings. The van der Waals surface area contributed by atoms with E-state index in [1.807, 2.05) is 0 Å². The highest BCUT2D eigenvalue weighted by molar-refractivity contribution is 9.11. The van der Waals surface area contributed by atoms with E-state index >= 15 is 0 Å². The minimum absolute atomic E-state index is 0.194. The van der Waals surface area contributed by atoms with Crippen molar-refractivity contribution >= 4 is 33.2 Å². The third-order valence-electron chi connectivity index (χ3n) is 1.14. The van der Waals surface area contributed by atoms with Gasteiger partial charge in [-0.05, 0) is 22.0 Å². The van der Waals surface area contributed by atoms with Crippen molar-refractivity contribution < 1.29 is 15.0 Å². The number of hydrogen-bond donors (Lipinski definition) is 2. The lowest BCUT2D eigenvalue weighted by molar-refractivity contribution is 0.0699. The molecule has 60 valence electrons. The highest BCUT2D eigenvalue weighted by atomic mass is 79.9. The van der Waals surface area contributed by atoms with Crippen molar-refractivity contribution in [1.82, 2.24) is 0 Å². The Morgan fingerprint density at radius 1 is 1.73 bits per heavy atom. The van der Waals surface area contributed by atoms with Gasteiger partial charge in [0.05, 0.1) is 10.4 Å². The van der Waals surface area contributed by atoms with Crippen LogP contribution in [0, 0.1) is 0 Å². The summed E-state index contributed by atoms with van der Waals surface area (Å²) < 4.78 is 0.721. The van der Waals surface area contributed by atoms with Gasteiger partial charge in [-0.2, -0.15) is 0 Å². The van der Waals surface area contributed by atoms with E-state index in [1.54, 1.807) is 6.07 Å². The molecule has 0 unspecified atom stereocenters. The Hall–Kier alpha value is -0.390. The molecule has 2 N–H and O–H groups in total. The highest BCUT2D eigenvalue weighted by Gasteiger charge is 2.12. The smallest absolute Gasteiger partial charge is 0.346 e. The number of hydrogen-bond acceptors (Lipinski definition) is 3. The summed E-state index contributed by atoms with van der Waals surface area (Å²) >= 11 is 4.24. The summed E-state index contributed by atoms with van der Waals surface area (Å²) in [5, 5.41) is 17.3. The zero-order valence-electron chi connectivity index (χ0n) is 5.37. The molecule has 11 heavy (non-hydrogen) atoms. The number of thiophene rings is 1. The number of carboxylic acids is 1. The van der Waals surface area contributed by atoms with Gasteiger partial charge >= 0.3 is 5.97 Å². The lowest BCUT2D eigenvalue weighted by Crippen LogP contribution is -1.96. The first-order chi connectivity index (χ1) is 5.15. The molecule has 0 fully saturated rings. The number of carboxylic acid groups (broad SMARTS) is 1. The van der Waals surface area contributed by atoms with Gasteiger partial charge in [-0.15, -0.1) is 11.3 Å². The van der Waals surface area contributed by atoms with E-state index < -0.39 is 5.97 Å². The largest absolute Gasteiger partial charge is 0.477 e. The Morgan fingerprint density at radius 2 is 2.36 bits per heavy atom. The Bertz CT molecular complexity index is 281. The van der Waals surface area contributed by atoms with Crippen molar-refractivity contribution in [3.05, 3.63) is 20.3 Å². The fourth-order valence-electron chi connectivity index (χ4n) is 0.693. The van der Waals surface area contributed by atoms with Gasteiger partial charge in [0, 0.05) is 5.56 Å². The Balaban J connectivity index is 3.12.